The molecular formula is C32H35F3N2O5. The molecule has 0 radical (unpaired) electrons. The van der Waals surface area contributed by atoms with Crippen LogP contribution in [0.15, 0.2) is 54.7 Å². The zero-order valence-electron chi connectivity index (χ0n) is 23.5. The smallest absolute Gasteiger partial charge is 0.435 e. The molecule has 2 aromatic carbocycles. The van der Waals surface area contributed by atoms with Crippen molar-refractivity contribution in [1.82, 2.24) is 9.78 Å². The number of halogens is 3. The van der Waals surface area contributed by atoms with E-state index < -0.39 is 23.2 Å². The third-order valence-corrected chi connectivity index (χ3v) is 7.91. The second-order valence-corrected chi connectivity index (χ2v) is 10.9. The Bertz CT molecular complexity index is 1370. The van der Waals surface area contributed by atoms with Gasteiger partial charge in [0.1, 0.15) is 5.78 Å². The van der Waals surface area contributed by atoms with Crippen molar-refractivity contribution in [3.8, 4) is 5.69 Å². The number of aliphatic hydroxyl groups excluding tert-OH is 1. The van der Waals surface area contributed by atoms with Crippen LogP contribution in [0.3, 0.4) is 0 Å². The molecule has 0 amide bonds. The van der Waals surface area contributed by atoms with Crippen molar-refractivity contribution < 1.29 is 37.4 Å². The van der Waals surface area contributed by atoms with Crippen LogP contribution in [0.1, 0.15) is 90.0 Å². The summed E-state index contributed by atoms with van der Waals surface area (Å²) in [6.45, 7) is -0.206. The highest BCUT2D eigenvalue weighted by molar-refractivity contribution is 5.97. The van der Waals surface area contributed by atoms with Gasteiger partial charge in [0.05, 0.1) is 25.0 Å². The number of Topliss-reactive ketones (excluding diaryl/α,β-unsaturated/α-hetero) is 2. The van der Waals surface area contributed by atoms with Crippen LogP contribution < -0.4 is 0 Å². The minimum Gasteiger partial charge on any atom is -0.469 e. The highest BCUT2D eigenvalue weighted by Gasteiger charge is 2.39. The molecule has 42 heavy (non-hydrogen) atoms. The standard InChI is InChI=1S/C32H35F3N2O5/c1-42-30(41)18-22-7-13-25(14-8-22)24-11-5-21(6-12-24)17-27(39)3-2-4-29(40)28-19-37(36-31(28)32(33,34)35)26-15-9-23(20-38)10-16-26/h5-6,9-12,15-16,19,22,25,38H,2-4,7-8,13-14,17-18,20H2,1H3. The van der Waals surface area contributed by atoms with Crippen molar-refractivity contribution in [2.24, 2.45) is 5.92 Å². The SMILES string of the molecule is COC(=O)CC1CCC(c2ccc(CC(=O)CCCC(=O)c3cn(-c4ccc(CO)cc4)nc3C(F)(F)F)cc2)CC1. The van der Waals surface area contributed by atoms with Crippen LogP contribution in [0.25, 0.3) is 5.69 Å². The van der Waals surface area contributed by atoms with Gasteiger partial charge in [0.2, 0.25) is 0 Å². The normalized spacial score (nSPS) is 17.2. The van der Waals surface area contributed by atoms with E-state index in [0.717, 1.165) is 42.1 Å². The van der Waals surface area contributed by atoms with Crippen molar-refractivity contribution in [2.45, 2.75) is 76.5 Å². The number of carbonyl (C=O) groups is 3. The first-order valence-electron chi connectivity index (χ1n) is 14.1. The predicted octanol–water partition coefficient (Wildman–Crippen LogP) is 6.39. The molecule has 7 nitrogen and oxygen atoms in total. The van der Waals surface area contributed by atoms with Gasteiger partial charge in [-0.25, -0.2) is 4.68 Å². The summed E-state index contributed by atoms with van der Waals surface area (Å²) < 4.78 is 46.7. The Labute approximate surface area is 242 Å². The number of benzene rings is 2. The summed E-state index contributed by atoms with van der Waals surface area (Å²) in [7, 11) is 1.41. The minimum atomic E-state index is -4.81. The van der Waals surface area contributed by atoms with Crippen LogP contribution in [0.5, 0.6) is 0 Å². The van der Waals surface area contributed by atoms with E-state index >= 15 is 0 Å². The molecule has 1 fully saturated rings. The van der Waals surface area contributed by atoms with Gasteiger partial charge in [-0.05, 0) is 72.8 Å². The number of carbonyl (C=O) groups excluding carboxylic acids is 3. The Kier molecular flexibility index (Phi) is 10.3. The first-order chi connectivity index (χ1) is 20.1. The van der Waals surface area contributed by atoms with Gasteiger partial charge in [0.25, 0.3) is 0 Å². The molecule has 1 aliphatic rings. The average Bonchev–Trinajstić information content (AvgIpc) is 3.45. The van der Waals surface area contributed by atoms with E-state index in [1.165, 1.54) is 24.8 Å². The number of nitrogens with zero attached hydrogens (tertiary/aromatic N) is 2. The van der Waals surface area contributed by atoms with Crippen LogP contribution in [0, 0.1) is 5.92 Å². The molecule has 0 atom stereocenters. The Morgan fingerprint density at radius 2 is 1.60 bits per heavy atom. The number of aromatic nitrogens is 2. The van der Waals surface area contributed by atoms with E-state index in [-0.39, 0.29) is 44.0 Å². The molecule has 0 spiro atoms. The van der Waals surface area contributed by atoms with Crippen molar-refractivity contribution in [3.05, 3.63) is 82.7 Å². The van der Waals surface area contributed by atoms with E-state index in [2.05, 4.69) is 5.10 Å². The molecule has 0 aliphatic heterocycles. The van der Waals surface area contributed by atoms with Crippen LogP contribution in [-0.4, -0.2) is 39.5 Å². The van der Waals surface area contributed by atoms with Crippen LogP contribution in [-0.2, 0) is 33.5 Å². The first kappa shape index (κ1) is 31.2. The topological polar surface area (TPSA) is 98.5 Å². The monoisotopic (exact) mass is 584 g/mol. The van der Waals surface area contributed by atoms with E-state index in [1.54, 1.807) is 12.1 Å². The van der Waals surface area contributed by atoms with E-state index in [4.69, 9.17) is 4.74 Å². The Morgan fingerprint density at radius 3 is 2.19 bits per heavy atom. The molecule has 1 aliphatic carbocycles. The summed E-state index contributed by atoms with van der Waals surface area (Å²) >= 11 is 0. The number of methoxy groups -OCH3 is 1. The molecule has 1 heterocycles. The Morgan fingerprint density at radius 1 is 0.952 bits per heavy atom. The molecule has 0 unspecified atom stereocenters. The number of ketones is 2. The summed E-state index contributed by atoms with van der Waals surface area (Å²) in [6, 6.07) is 14.1. The molecule has 0 bridgehead atoms. The molecule has 1 saturated carbocycles. The van der Waals surface area contributed by atoms with Gasteiger partial charge in [-0.2, -0.15) is 18.3 Å². The first-order valence-corrected chi connectivity index (χ1v) is 14.1. The molecule has 10 heteroatoms. The number of ether oxygens (including phenoxy) is 1. The molecule has 1 N–H and O–H groups in total. The molecule has 4 rings (SSSR count). The lowest BCUT2D eigenvalue weighted by molar-refractivity contribution is -0.142. The molecule has 1 aromatic heterocycles. The fraction of sp³-hybridized carbons (Fsp3) is 0.438. The van der Waals surface area contributed by atoms with E-state index in [9.17, 15) is 32.7 Å². The highest BCUT2D eigenvalue weighted by atomic mass is 19.4. The van der Waals surface area contributed by atoms with Crippen LogP contribution in [0.4, 0.5) is 13.2 Å². The van der Waals surface area contributed by atoms with Crippen LogP contribution in [0.2, 0.25) is 0 Å². The third-order valence-electron chi connectivity index (χ3n) is 7.91. The summed E-state index contributed by atoms with van der Waals surface area (Å²) in [6.07, 6.45) is 0.857. The molecule has 0 saturated heterocycles. The zero-order chi connectivity index (χ0) is 30.3. The van der Waals surface area contributed by atoms with Gasteiger partial charge in [-0.1, -0.05) is 36.4 Å². The predicted molar refractivity (Wildman–Crippen MR) is 149 cm³/mol. The minimum absolute atomic E-state index is 0.0792. The lowest BCUT2D eigenvalue weighted by Crippen LogP contribution is -2.17. The van der Waals surface area contributed by atoms with E-state index in [0.29, 0.717) is 29.5 Å². The number of hydrogen-bond acceptors (Lipinski definition) is 6. The summed E-state index contributed by atoms with van der Waals surface area (Å²) in [5.74, 6) is -0.201. The molecule has 3 aromatic rings. The lowest BCUT2D eigenvalue weighted by atomic mass is 9.77. The summed E-state index contributed by atoms with van der Waals surface area (Å²) in [5, 5.41) is 12.8. The van der Waals surface area contributed by atoms with Crippen LogP contribution >= 0.6 is 0 Å². The maximum absolute atomic E-state index is 13.6. The van der Waals surface area contributed by atoms with E-state index in [1.807, 2.05) is 24.3 Å². The molecular weight excluding hydrogens is 549 g/mol. The number of esters is 1. The maximum Gasteiger partial charge on any atom is 0.435 e. The van der Waals surface area contributed by atoms with Gasteiger partial charge in [0, 0.05) is 31.9 Å². The maximum atomic E-state index is 13.6. The van der Waals surface area contributed by atoms with Gasteiger partial charge in [-0.3, -0.25) is 14.4 Å². The third kappa shape index (κ3) is 8.15. The quantitative estimate of drug-likeness (QED) is 0.196. The number of hydrogen-bond donors (Lipinski definition) is 1. The summed E-state index contributed by atoms with van der Waals surface area (Å²) in [5.41, 5.74) is 1.18. The van der Waals surface area contributed by atoms with Crippen molar-refractivity contribution in [2.75, 3.05) is 7.11 Å². The zero-order valence-corrected chi connectivity index (χ0v) is 23.5. The lowest BCUT2D eigenvalue weighted by Gasteiger charge is -2.28. The second kappa shape index (κ2) is 13.9. The summed E-state index contributed by atoms with van der Waals surface area (Å²) in [4.78, 5) is 36.8. The van der Waals surface area contributed by atoms with Gasteiger partial charge in [0.15, 0.2) is 11.5 Å². The van der Waals surface area contributed by atoms with Crippen molar-refractivity contribution in [1.29, 1.82) is 0 Å². The number of aliphatic hydroxyl groups is 1. The number of alkyl halides is 3. The highest BCUT2D eigenvalue weighted by Crippen LogP contribution is 2.37. The van der Waals surface area contributed by atoms with Gasteiger partial charge < -0.3 is 9.84 Å². The number of rotatable bonds is 12. The van der Waals surface area contributed by atoms with Crippen molar-refractivity contribution in [3.63, 3.8) is 0 Å². The largest absolute Gasteiger partial charge is 0.469 e. The Balaban J connectivity index is 1.28. The Hall–Kier alpha value is -3.79. The average molecular weight is 585 g/mol. The van der Waals surface area contributed by atoms with Gasteiger partial charge >= 0.3 is 12.1 Å². The second-order valence-electron chi connectivity index (χ2n) is 10.9. The van der Waals surface area contributed by atoms with Crippen molar-refractivity contribution >= 4 is 17.5 Å². The van der Waals surface area contributed by atoms with Gasteiger partial charge in [-0.15, -0.1) is 0 Å². The molecule has 224 valence electrons. The fourth-order valence-corrected chi connectivity index (χ4v) is 5.50. The fourth-order valence-electron chi connectivity index (χ4n) is 5.50.